The van der Waals surface area contributed by atoms with E-state index >= 15 is 0 Å². The maximum absolute atomic E-state index is 10.7. The molecule has 0 N–H and O–H groups in total. The third kappa shape index (κ3) is 1.18. The Kier molecular flexibility index (Phi) is 2.15. The summed E-state index contributed by atoms with van der Waals surface area (Å²) in [6, 6.07) is 3.70. The minimum absolute atomic E-state index is 0.661. The van der Waals surface area contributed by atoms with Gasteiger partial charge in [0.2, 0.25) is 0 Å². The third-order valence-corrected chi connectivity index (χ3v) is 3.14. The van der Waals surface area contributed by atoms with E-state index in [0.29, 0.717) is 5.56 Å². The zero-order valence-corrected chi connectivity index (χ0v) is 9.50. The van der Waals surface area contributed by atoms with Crippen LogP contribution in [0.5, 0.6) is 0 Å². The topological polar surface area (TPSA) is 34.9 Å². The Morgan fingerprint density at radius 1 is 1.50 bits per heavy atom. The van der Waals surface area contributed by atoms with Gasteiger partial charge in [-0.05, 0) is 35.0 Å². The second-order valence-corrected chi connectivity index (χ2v) is 3.98. The zero-order valence-electron chi connectivity index (χ0n) is 7.91. The first-order chi connectivity index (χ1) is 6.65. The molecular weight excluding hydrogens is 244 g/mol. The van der Waals surface area contributed by atoms with Crippen LogP contribution in [0.3, 0.4) is 0 Å². The summed E-state index contributed by atoms with van der Waals surface area (Å²) in [6.07, 6.45) is 0.843. The highest BCUT2D eigenvalue weighted by Gasteiger charge is 2.10. The number of fused-ring (bicyclic) bond motifs is 1. The molecule has 2 aromatic rings. The van der Waals surface area contributed by atoms with Crippen LogP contribution in [0, 0.1) is 6.92 Å². The Morgan fingerprint density at radius 3 is 2.86 bits per heavy atom. The lowest BCUT2D eigenvalue weighted by Gasteiger charge is -1.99. The van der Waals surface area contributed by atoms with Crippen LogP contribution < -0.4 is 0 Å². The van der Waals surface area contributed by atoms with E-state index in [9.17, 15) is 4.79 Å². The van der Waals surface area contributed by atoms with Crippen molar-refractivity contribution in [2.75, 3.05) is 0 Å². The number of halogens is 1. The number of benzene rings is 1. The fourth-order valence-corrected chi connectivity index (χ4v) is 2.33. The zero-order chi connectivity index (χ0) is 10.3. The summed E-state index contributed by atoms with van der Waals surface area (Å²) in [6.45, 7) is 1.93. The number of hydrogen-bond donors (Lipinski definition) is 0. The van der Waals surface area contributed by atoms with Gasteiger partial charge in [0.25, 0.3) is 0 Å². The quantitative estimate of drug-likeness (QED) is 0.731. The Morgan fingerprint density at radius 2 is 2.21 bits per heavy atom. The maximum atomic E-state index is 10.7. The lowest BCUT2D eigenvalue weighted by molar-refractivity contribution is 0.112. The molecule has 0 bridgehead atoms. The minimum Gasteiger partial charge on any atom is -0.298 e. The first-order valence-electron chi connectivity index (χ1n) is 4.22. The van der Waals surface area contributed by atoms with Crippen molar-refractivity contribution >= 4 is 33.1 Å². The largest absolute Gasteiger partial charge is 0.298 e. The van der Waals surface area contributed by atoms with Gasteiger partial charge in [0, 0.05) is 22.5 Å². The molecule has 2 rings (SSSR count). The summed E-state index contributed by atoms with van der Waals surface area (Å²) >= 11 is 3.42. The lowest BCUT2D eigenvalue weighted by atomic mass is 10.1. The molecule has 14 heavy (non-hydrogen) atoms. The van der Waals surface area contributed by atoms with Gasteiger partial charge in [-0.2, -0.15) is 5.10 Å². The van der Waals surface area contributed by atoms with Gasteiger partial charge in [-0.1, -0.05) is 0 Å². The monoisotopic (exact) mass is 252 g/mol. The highest BCUT2D eigenvalue weighted by molar-refractivity contribution is 9.10. The van der Waals surface area contributed by atoms with E-state index in [1.54, 1.807) is 6.07 Å². The molecule has 0 aliphatic carbocycles. The molecule has 4 heteroatoms. The van der Waals surface area contributed by atoms with Crippen LogP contribution in [0.2, 0.25) is 0 Å². The van der Waals surface area contributed by atoms with Crippen molar-refractivity contribution in [2.24, 2.45) is 7.05 Å². The molecule has 1 aromatic heterocycles. The van der Waals surface area contributed by atoms with Crippen molar-refractivity contribution in [1.29, 1.82) is 0 Å². The van der Waals surface area contributed by atoms with E-state index < -0.39 is 0 Å². The molecular formula is C10H9BrN2O. The molecule has 0 saturated carbocycles. The summed E-state index contributed by atoms with van der Waals surface area (Å²) < 4.78 is 2.64. The third-order valence-electron chi connectivity index (χ3n) is 2.29. The average molecular weight is 253 g/mol. The highest BCUT2D eigenvalue weighted by Crippen LogP contribution is 2.28. The molecule has 0 aliphatic heterocycles. The summed E-state index contributed by atoms with van der Waals surface area (Å²) in [5, 5.41) is 5.31. The van der Waals surface area contributed by atoms with Crippen molar-refractivity contribution in [2.45, 2.75) is 6.92 Å². The average Bonchev–Trinajstić information content (AvgIpc) is 2.44. The summed E-state index contributed by atoms with van der Waals surface area (Å²) in [4.78, 5) is 10.7. The van der Waals surface area contributed by atoms with Crippen molar-refractivity contribution in [1.82, 2.24) is 9.78 Å². The van der Waals surface area contributed by atoms with Gasteiger partial charge in [0.15, 0.2) is 6.29 Å². The van der Waals surface area contributed by atoms with Crippen molar-refractivity contribution < 1.29 is 4.79 Å². The Labute approximate surface area is 89.8 Å². The molecule has 0 aliphatic rings. The van der Waals surface area contributed by atoms with Gasteiger partial charge < -0.3 is 0 Å². The van der Waals surface area contributed by atoms with Gasteiger partial charge in [-0.3, -0.25) is 9.48 Å². The van der Waals surface area contributed by atoms with Crippen LogP contribution in [0.15, 0.2) is 16.6 Å². The smallest absolute Gasteiger partial charge is 0.151 e. The maximum Gasteiger partial charge on any atom is 0.151 e. The van der Waals surface area contributed by atoms with Crippen molar-refractivity contribution in [3.8, 4) is 0 Å². The summed E-state index contributed by atoms with van der Waals surface area (Å²) in [7, 11) is 1.89. The molecule has 0 spiro atoms. The number of rotatable bonds is 1. The fourth-order valence-electron chi connectivity index (χ4n) is 1.62. The van der Waals surface area contributed by atoms with Gasteiger partial charge in [0.05, 0.1) is 11.2 Å². The van der Waals surface area contributed by atoms with Crippen LogP contribution in [0.25, 0.3) is 10.9 Å². The molecule has 0 radical (unpaired) electrons. The lowest BCUT2D eigenvalue weighted by Crippen LogP contribution is -1.89. The van der Waals surface area contributed by atoms with Crippen molar-refractivity contribution in [3.05, 3.63) is 27.9 Å². The van der Waals surface area contributed by atoms with E-state index in [2.05, 4.69) is 21.0 Å². The van der Waals surface area contributed by atoms with Gasteiger partial charge >= 0.3 is 0 Å². The highest BCUT2D eigenvalue weighted by atomic mass is 79.9. The van der Waals surface area contributed by atoms with Crippen LogP contribution in [-0.2, 0) is 7.05 Å². The second kappa shape index (κ2) is 3.20. The normalized spacial score (nSPS) is 10.8. The van der Waals surface area contributed by atoms with Gasteiger partial charge in [-0.15, -0.1) is 0 Å². The number of carbonyl (C=O) groups is 1. The van der Waals surface area contributed by atoms with Crippen LogP contribution in [0.1, 0.15) is 16.1 Å². The van der Waals surface area contributed by atoms with Gasteiger partial charge in [-0.25, -0.2) is 0 Å². The first kappa shape index (κ1) is 9.40. The molecule has 0 fully saturated rings. The molecule has 72 valence electrons. The number of hydrogen-bond acceptors (Lipinski definition) is 2. The standard InChI is InChI=1S/C10H9BrN2O/c1-6-9-8(13(2)12-6)4-3-7(5-14)10(9)11/h3-5H,1-2H3. The van der Waals surface area contributed by atoms with Crippen LogP contribution >= 0.6 is 15.9 Å². The number of carbonyl (C=O) groups excluding carboxylic acids is 1. The number of aromatic nitrogens is 2. The Balaban J connectivity index is 2.94. The summed E-state index contributed by atoms with van der Waals surface area (Å²) in [5.41, 5.74) is 2.62. The molecule has 0 saturated heterocycles. The van der Waals surface area contributed by atoms with Crippen LogP contribution in [-0.4, -0.2) is 16.1 Å². The second-order valence-electron chi connectivity index (χ2n) is 3.19. The molecule has 0 amide bonds. The summed E-state index contributed by atoms with van der Waals surface area (Å²) in [5.74, 6) is 0. The SMILES string of the molecule is Cc1nn(C)c2ccc(C=O)c(Br)c12. The molecule has 0 unspecified atom stereocenters. The Hall–Kier alpha value is -1.16. The Bertz CT molecular complexity index is 516. The fraction of sp³-hybridized carbons (Fsp3) is 0.200. The van der Waals surface area contributed by atoms with E-state index in [0.717, 1.165) is 27.4 Å². The van der Waals surface area contributed by atoms with Gasteiger partial charge in [0.1, 0.15) is 0 Å². The number of nitrogens with zero attached hydrogens (tertiary/aromatic N) is 2. The minimum atomic E-state index is 0.661. The number of aldehydes is 1. The van der Waals surface area contributed by atoms with E-state index in [1.165, 1.54) is 0 Å². The molecule has 3 nitrogen and oxygen atoms in total. The van der Waals surface area contributed by atoms with E-state index in [1.807, 2.05) is 24.7 Å². The van der Waals surface area contributed by atoms with E-state index in [-0.39, 0.29) is 0 Å². The molecule has 1 aromatic carbocycles. The van der Waals surface area contributed by atoms with Crippen LogP contribution in [0.4, 0.5) is 0 Å². The molecule has 0 atom stereocenters. The molecule has 1 heterocycles. The van der Waals surface area contributed by atoms with Crippen molar-refractivity contribution in [3.63, 3.8) is 0 Å². The van der Waals surface area contributed by atoms with E-state index in [4.69, 9.17) is 0 Å². The predicted octanol–water partition coefficient (Wildman–Crippen LogP) is 2.46. The number of aryl methyl sites for hydroxylation is 2. The predicted molar refractivity (Wildman–Crippen MR) is 58.5 cm³/mol. The first-order valence-corrected chi connectivity index (χ1v) is 5.01.